The molecule has 0 saturated heterocycles. The molecule has 0 aromatic rings. The lowest BCUT2D eigenvalue weighted by atomic mass is 10.2. The highest BCUT2D eigenvalue weighted by atomic mass is 127. The third kappa shape index (κ3) is 0.991. The van der Waals surface area contributed by atoms with Crippen molar-refractivity contribution >= 4 is 29.1 Å². The van der Waals surface area contributed by atoms with Gasteiger partial charge in [-0.2, -0.15) is 0 Å². The van der Waals surface area contributed by atoms with Gasteiger partial charge in [0.25, 0.3) is 0 Å². The first-order chi connectivity index (χ1) is 5.29. The molecule has 0 aromatic heterocycles. The number of rotatable bonds is 0. The van der Waals surface area contributed by atoms with Crippen LogP contribution in [0.15, 0.2) is 28.3 Å². The second-order valence-corrected chi connectivity index (χ2v) is 3.48. The van der Waals surface area contributed by atoms with E-state index < -0.39 is 0 Å². The normalized spacial score (nSPS) is 21.5. The number of halogens is 1. The summed E-state index contributed by atoms with van der Waals surface area (Å²) in [5, 5.41) is 3.18. The van der Waals surface area contributed by atoms with Gasteiger partial charge in [0.05, 0.1) is 47.0 Å². The van der Waals surface area contributed by atoms with E-state index >= 15 is 0 Å². The van der Waals surface area contributed by atoms with Gasteiger partial charge in [-0.05, 0) is 0 Å². The van der Waals surface area contributed by atoms with E-state index in [9.17, 15) is 0 Å². The van der Waals surface area contributed by atoms with E-state index in [0.29, 0.717) is 0 Å². The fraction of sp³-hybridized carbons (Fsp3) is 0.167. The van der Waals surface area contributed by atoms with Crippen LogP contribution in [-0.4, -0.2) is 16.0 Å². The first-order valence-corrected chi connectivity index (χ1v) is 4.16. The van der Waals surface area contributed by atoms with Gasteiger partial charge in [-0.25, -0.2) is 0 Å². The number of fused-ring (bicyclic) bond motifs is 1. The largest absolute Gasteiger partial charge is 0.384 e. The Balaban J connectivity index is 2.45. The lowest BCUT2D eigenvalue weighted by Crippen LogP contribution is -2.36. The molecule has 2 aliphatic heterocycles. The Kier molecular flexibility index (Phi) is 1.52. The van der Waals surface area contributed by atoms with E-state index in [1.807, 2.05) is 3.11 Å². The number of nitrogens with two attached hydrogens (primary N) is 1. The van der Waals surface area contributed by atoms with E-state index in [2.05, 4.69) is 33.2 Å². The smallest absolute Gasteiger partial charge is 0.120 e. The molecule has 0 aromatic carbocycles. The lowest BCUT2D eigenvalue weighted by Gasteiger charge is -2.25. The van der Waals surface area contributed by atoms with Crippen molar-refractivity contribution in [3.63, 3.8) is 0 Å². The third-order valence-corrected chi connectivity index (χ3v) is 2.50. The third-order valence-electron chi connectivity index (χ3n) is 1.64. The predicted octanol–water partition coefficient (Wildman–Crippen LogP) is 0.295. The van der Waals surface area contributed by atoms with Crippen molar-refractivity contribution in [1.82, 2.24) is 8.43 Å². The van der Waals surface area contributed by atoms with Crippen molar-refractivity contribution in [3.8, 4) is 0 Å². The zero-order valence-corrected chi connectivity index (χ0v) is 7.87. The van der Waals surface area contributed by atoms with Crippen LogP contribution < -0.4 is 11.1 Å². The molecule has 2 aliphatic rings. The van der Waals surface area contributed by atoms with Crippen molar-refractivity contribution < 1.29 is 0 Å². The average Bonchev–Trinajstić information content (AvgIpc) is 2.45. The predicted molar refractivity (Wildman–Crippen MR) is 51.7 cm³/mol. The first kappa shape index (κ1) is 6.96. The molecule has 58 valence electrons. The van der Waals surface area contributed by atoms with Crippen LogP contribution in [0.3, 0.4) is 0 Å². The van der Waals surface area contributed by atoms with Crippen molar-refractivity contribution in [2.24, 2.45) is 10.7 Å². The summed E-state index contributed by atoms with van der Waals surface area (Å²) in [5.74, 6) is 0.775. The van der Waals surface area contributed by atoms with E-state index in [1.165, 1.54) is 0 Å². The Bertz CT molecular complexity index is 278. The monoisotopic (exact) mass is 262 g/mol. The molecule has 0 atom stereocenters. The minimum absolute atomic E-state index is 0.741. The van der Waals surface area contributed by atoms with Crippen LogP contribution in [0.1, 0.15) is 0 Å². The minimum Gasteiger partial charge on any atom is -0.384 e. The van der Waals surface area contributed by atoms with Gasteiger partial charge in [0.1, 0.15) is 5.82 Å². The molecular weight excluding hydrogens is 255 g/mol. The summed E-state index contributed by atoms with van der Waals surface area (Å²) >= 11 is 2.16. The van der Waals surface area contributed by atoms with Gasteiger partial charge in [-0.1, -0.05) is 0 Å². The highest BCUT2D eigenvalue weighted by molar-refractivity contribution is 14.1. The molecule has 2 heterocycles. The van der Waals surface area contributed by atoms with Crippen LogP contribution >= 0.6 is 22.9 Å². The van der Waals surface area contributed by atoms with Crippen LogP contribution in [0.4, 0.5) is 0 Å². The zero-order valence-electron chi connectivity index (χ0n) is 5.71. The van der Waals surface area contributed by atoms with Gasteiger partial charge >= 0.3 is 0 Å². The number of allylic oxidation sites excluding steroid dienone is 1. The first-order valence-electron chi connectivity index (χ1n) is 3.19. The molecule has 0 unspecified atom stereocenters. The van der Waals surface area contributed by atoms with E-state index in [-0.39, 0.29) is 0 Å². The summed E-state index contributed by atoms with van der Waals surface area (Å²) in [6, 6.07) is 0. The van der Waals surface area contributed by atoms with E-state index in [1.54, 1.807) is 12.4 Å². The van der Waals surface area contributed by atoms with Gasteiger partial charge in [-0.15, -0.1) is 0 Å². The second-order valence-electron chi connectivity index (χ2n) is 2.32. The molecule has 11 heavy (non-hydrogen) atoms. The van der Waals surface area contributed by atoms with Gasteiger partial charge < -0.3 is 11.1 Å². The van der Waals surface area contributed by atoms with E-state index in [0.717, 1.165) is 23.8 Å². The van der Waals surface area contributed by atoms with Crippen molar-refractivity contribution in [1.29, 1.82) is 0 Å². The highest BCUT2D eigenvalue weighted by Crippen LogP contribution is 2.21. The summed E-state index contributed by atoms with van der Waals surface area (Å²) in [6.07, 6.45) is 3.55. The molecule has 3 N–H and O–H groups in total. The van der Waals surface area contributed by atoms with Crippen molar-refractivity contribution in [2.45, 2.75) is 0 Å². The van der Waals surface area contributed by atoms with Crippen molar-refractivity contribution in [2.75, 3.05) is 6.67 Å². The molecule has 2 rings (SSSR count). The molecular formula is C6H7IN4. The Morgan fingerprint density at radius 2 is 2.55 bits per heavy atom. The van der Waals surface area contributed by atoms with E-state index in [4.69, 9.17) is 5.73 Å². The van der Waals surface area contributed by atoms with Crippen LogP contribution in [0.5, 0.6) is 0 Å². The van der Waals surface area contributed by atoms with Gasteiger partial charge in [0.2, 0.25) is 0 Å². The SMILES string of the molecule is NC1=C2C=NC=C2NCN1I. The summed E-state index contributed by atoms with van der Waals surface area (Å²) < 4.78 is 1.92. The summed E-state index contributed by atoms with van der Waals surface area (Å²) in [4.78, 5) is 4.00. The maximum Gasteiger partial charge on any atom is 0.120 e. The summed E-state index contributed by atoms with van der Waals surface area (Å²) in [5.41, 5.74) is 7.80. The number of hydrogen-bond acceptors (Lipinski definition) is 4. The Morgan fingerprint density at radius 3 is 3.36 bits per heavy atom. The summed E-state index contributed by atoms with van der Waals surface area (Å²) in [6.45, 7) is 0.741. The average molecular weight is 262 g/mol. The number of aliphatic imine (C=N–C) groups is 1. The molecule has 0 spiro atoms. The maximum absolute atomic E-state index is 5.79. The molecule has 0 saturated carbocycles. The second kappa shape index (κ2) is 2.40. The fourth-order valence-electron chi connectivity index (χ4n) is 1.04. The molecule has 0 amide bonds. The Morgan fingerprint density at radius 1 is 1.73 bits per heavy atom. The van der Waals surface area contributed by atoms with Crippen LogP contribution in [-0.2, 0) is 0 Å². The highest BCUT2D eigenvalue weighted by Gasteiger charge is 2.20. The topological polar surface area (TPSA) is 53.6 Å². The number of nitrogens with zero attached hydrogens (tertiary/aromatic N) is 2. The fourth-order valence-corrected chi connectivity index (χ4v) is 1.47. The summed E-state index contributed by atoms with van der Waals surface area (Å²) in [7, 11) is 0. The molecule has 0 aliphatic carbocycles. The Labute approximate surface area is 78.3 Å². The van der Waals surface area contributed by atoms with Crippen molar-refractivity contribution in [3.05, 3.63) is 23.3 Å². The van der Waals surface area contributed by atoms with Gasteiger partial charge in [0, 0.05) is 6.21 Å². The Hall–Kier alpha value is -0.720. The zero-order chi connectivity index (χ0) is 7.84. The maximum atomic E-state index is 5.79. The number of nitrogens with one attached hydrogen (secondary N) is 1. The molecule has 0 radical (unpaired) electrons. The lowest BCUT2D eigenvalue weighted by molar-refractivity contribution is 0.536. The van der Waals surface area contributed by atoms with Gasteiger partial charge in [0.15, 0.2) is 0 Å². The molecule has 5 heteroatoms. The minimum atomic E-state index is 0.741. The molecule has 0 bridgehead atoms. The molecule has 0 fully saturated rings. The molecule has 4 nitrogen and oxygen atoms in total. The number of hydrogen-bond donors (Lipinski definition) is 2. The van der Waals surface area contributed by atoms with Crippen LogP contribution in [0.2, 0.25) is 0 Å². The van der Waals surface area contributed by atoms with Gasteiger partial charge in [-0.3, -0.25) is 8.11 Å². The van der Waals surface area contributed by atoms with Crippen LogP contribution in [0, 0.1) is 0 Å². The standard InChI is InChI=1S/C6H7IN4/c7-11-3-10-5-2-9-1-4(5)6(11)8/h1-2,10H,3,8H2. The van der Waals surface area contributed by atoms with Crippen LogP contribution in [0.25, 0.3) is 0 Å². The quantitative estimate of drug-likeness (QED) is 0.487.